The van der Waals surface area contributed by atoms with Gasteiger partial charge in [-0.1, -0.05) is 12.5 Å². The van der Waals surface area contributed by atoms with Crippen molar-refractivity contribution in [2.45, 2.75) is 19.3 Å². The minimum Gasteiger partial charge on any atom is -0.340 e. The molecular formula is C17H25N5O2. The number of amides is 3. The summed E-state index contributed by atoms with van der Waals surface area (Å²) in [7, 11) is 0. The van der Waals surface area contributed by atoms with Crippen LogP contribution in [-0.4, -0.2) is 66.0 Å². The number of pyridine rings is 1. The van der Waals surface area contributed by atoms with E-state index in [-0.39, 0.29) is 11.9 Å². The molecule has 1 aromatic rings. The maximum atomic E-state index is 12.2. The van der Waals surface area contributed by atoms with Crippen molar-refractivity contribution < 1.29 is 9.59 Å². The Bertz CT molecular complexity index is 553. The first kappa shape index (κ1) is 16.7. The van der Waals surface area contributed by atoms with Crippen LogP contribution in [-0.2, 0) is 4.79 Å². The van der Waals surface area contributed by atoms with Crippen LogP contribution in [0.2, 0.25) is 0 Å². The summed E-state index contributed by atoms with van der Waals surface area (Å²) >= 11 is 0. The van der Waals surface area contributed by atoms with Crippen LogP contribution in [0.4, 0.5) is 10.6 Å². The zero-order valence-electron chi connectivity index (χ0n) is 13.9. The van der Waals surface area contributed by atoms with E-state index in [4.69, 9.17) is 0 Å². The predicted octanol–water partition coefficient (Wildman–Crippen LogP) is 1.15. The summed E-state index contributed by atoms with van der Waals surface area (Å²) in [6.45, 7) is 4.73. The average molecular weight is 331 g/mol. The van der Waals surface area contributed by atoms with Gasteiger partial charge in [0, 0.05) is 51.4 Å². The fourth-order valence-electron chi connectivity index (χ4n) is 3.03. The van der Waals surface area contributed by atoms with E-state index < -0.39 is 0 Å². The molecule has 7 heteroatoms. The molecule has 1 saturated heterocycles. The molecule has 0 unspecified atom stereocenters. The SMILES string of the molecule is O=C(NCCN1CCN(C(=O)C2CCC2)CC1)Nc1ccccn1. The van der Waals surface area contributed by atoms with E-state index in [0.29, 0.717) is 18.3 Å². The summed E-state index contributed by atoms with van der Waals surface area (Å²) < 4.78 is 0. The molecule has 0 atom stereocenters. The van der Waals surface area contributed by atoms with Crippen LogP contribution in [0.25, 0.3) is 0 Å². The van der Waals surface area contributed by atoms with Crippen LogP contribution >= 0.6 is 0 Å². The van der Waals surface area contributed by atoms with E-state index >= 15 is 0 Å². The molecular weight excluding hydrogens is 306 g/mol. The fraction of sp³-hybridized carbons (Fsp3) is 0.588. The molecule has 2 aliphatic rings. The molecule has 24 heavy (non-hydrogen) atoms. The van der Waals surface area contributed by atoms with Gasteiger partial charge in [0.2, 0.25) is 5.91 Å². The van der Waals surface area contributed by atoms with E-state index in [9.17, 15) is 9.59 Å². The van der Waals surface area contributed by atoms with Crippen molar-refractivity contribution in [3.8, 4) is 0 Å². The monoisotopic (exact) mass is 331 g/mol. The number of nitrogens with one attached hydrogen (secondary N) is 2. The van der Waals surface area contributed by atoms with Gasteiger partial charge >= 0.3 is 6.03 Å². The lowest BCUT2D eigenvalue weighted by Crippen LogP contribution is -2.52. The largest absolute Gasteiger partial charge is 0.340 e. The first-order chi connectivity index (χ1) is 11.7. The van der Waals surface area contributed by atoms with Crippen molar-refractivity contribution >= 4 is 17.8 Å². The van der Waals surface area contributed by atoms with Crippen molar-refractivity contribution in [3.05, 3.63) is 24.4 Å². The number of aromatic nitrogens is 1. The van der Waals surface area contributed by atoms with Gasteiger partial charge in [-0.2, -0.15) is 0 Å². The van der Waals surface area contributed by atoms with Gasteiger partial charge < -0.3 is 10.2 Å². The predicted molar refractivity (Wildman–Crippen MR) is 91.6 cm³/mol. The van der Waals surface area contributed by atoms with Gasteiger partial charge in [-0.25, -0.2) is 9.78 Å². The van der Waals surface area contributed by atoms with Crippen molar-refractivity contribution in [2.75, 3.05) is 44.6 Å². The van der Waals surface area contributed by atoms with Gasteiger partial charge in [-0.15, -0.1) is 0 Å². The number of hydrogen-bond acceptors (Lipinski definition) is 4. The first-order valence-corrected chi connectivity index (χ1v) is 8.69. The number of nitrogens with zero attached hydrogens (tertiary/aromatic N) is 3. The van der Waals surface area contributed by atoms with E-state index in [2.05, 4.69) is 20.5 Å². The standard InChI is InChI=1S/C17H25N5O2/c23-16(14-4-3-5-14)22-12-10-21(11-13-22)9-8-19-17(24)20-15-6-1-2-7-18-15/h1-2,6-7,14H,3-5,8-13H2,(H2,18,19,20,24). The smallest absolute Gasteiger partial charge is 0.320 e. The Balaban J connectivity index is 1.30. The van der Waals surface area contributed by atoms with Crippen LogP contribution in [0.1, 0.15) is 19.3 Å². The van der Waals surface area contributed by atoms with Crippen LogP contribution in [0.15, 0.2) is 24.4 Å². The van der Waals surface area contributed by atoms with Gasteiger partial charge in [-0.05, 0) is 25.0 Å². The van der Waals surface area contributed by atoms with Crippen LogP contribution in [0.5, 0.6) is 0 Å². The normalized spacial score (nSPS) is 18.8. The maximum absolute atomic E-state index is 12.2. The zero-order valence-corrected chi connectivity index (χ0v) is 13.9. The lowest BCUT2D eigenvalue weighted by atomic mass is 9.84. The van der Waals surface area contributed by atoms with E-state index in [1.807, 2.05) is 11.0 Å². The molecule has 3 rings (SSSR count). The van der Waals surface area contributed by atoms with Gasteiger partial charge in [0.05, 0.1) is 0 Å². The molecule has 7 nitrogen and oxygen atoms in total. The number of carbonyl (C=O) groups excluding carboxylic acids is 2. The lowest BCUT2D eigenvalue weighted by Gasteiger charge is -2.38. The summed E-state index contributed by atoms with van der Waals surface area (Å²) in [4.78, 5) is 32.3. The Morgan fingerprint density at radius 3 is 2.58 bits per heavy atom. The summed E-state index contributed by atoms with van der Waals surface area (Å²) in [5, 5.41) is 5.53. The molecule has 1 aliphatic heterocycles. The van der Waals surface area contributed by atoms with E-state index in [0.717, 1.165) is 45.6 Å². The van der Waals surface area contributed by atoms with E-state index in [1.165, 1.54) is 6.42 Å². The Labute approximate surface area is 142 Å². The second-order valence-corrected chi connectivity index (χ2v) is 6.39. The third kappa shape index (κ3) is 4.44. The number of rotatable bonds is 5. The molecule has 1 aliphatic carbocycles. The van der Waals surface area contributed by atoms with Gasteiger partial charge in [0.1, 0.15) is 5.82 Å². The summed E-state index contributed by atoms with van der Waals surface area (Å²) in [6, 6.07) is 5.14. The lowest BCUT2D eigenvalue weighted by molar-refractivity contribution is -0.139. The van der Waals surface area contributed by atoms with Crippen molar-refractivity contribution in [1.82, 2.24) is 20.1 Å². The highest BCUT2D eigenvalue weighted by Gasteiger charge is 2.30. The van der Waals surface area contributed by atoms with E-state index in [1.54, 1.807) is 18.3 Å². The third-order valence-corrected chi connectivity index (χ3v) is 4.76. The summed E-state index contributed by atoms with van der Waals surface area (Å²) in [5.41, 5.74) is 0. The number of piperazine rings is 1. The average Bonchev–Trinajstić information content (AvgIpc) is 2.55. The Morgan fingerprint density at radius 2 is 1.96 bits per heavy atom. The minimum absolute atomic E-state index is 0.243. The molecule has 1 aromatic heterocycles. The van der Waals surface area contributed by atoms with Gasteiger partial charge in [-0.3, -0.25) is 15.0 Å². The fourth-order valence-corrected chi connectivity index (χ4v) is 3.03. The Kier molecular flexibility index (Phi) is 5.63. The number of hydrogen-bond donors (Lipinski definition) is 2. The second kappa shape index (κ2) is 8.10. The van der Waals surface area contributed by atoms with Crippen LogP contribution in [0.3, 0.4) is 0 Å². The maximum Gasteiger partial charge on any atom is 0.320 e. The quantitative estimate of drug-likeness (QED) is 0.848. The molecule has 2 heterocycles. The molecule has 1 saturated carbocycles. The summed E-state index contributed by atoms with van der Waals surface area (Å²) in [6.07, 6.45) is 4.96. The minimum atomic E-state index is -0.243. The van der Waals surface area contributed by atoms with Crippen LogP contribution < -0.4 is 10.6 Å². The first-order valence-electron chi connectivity index (χ1n) is 8.69. The van der Waals surface area contributed by atoms with Crippen molar-refractivity contribution in [1.29, 1.82) is 0 Å². The molecule has 2 fully saturated rings. The number of anilines is 1. The highest BCUT2D eigenvalue weighted by Crippen LogP contribution is 2.28. The summed E-state index contributed by atoms with van der Waals surface area (Å²) in [5.74, 6) is 1.17. The third-order valence-electron chi connectivity index (χ3n) is 4.76. The van der Waals surface area contributed by atoms with Crippen LogP contribution in [0, 0.1) is 5.92 Å². The molecule has 2 N–H and O–H groups in total. The second-order valence-electron chi connectivity index (χ2n) is 6.39. The highest BCUT2D eigenvalue weighted by molar-refractivity contribution is 5.88. The molecule has 130 valence electrons. The molecule has 0 aromatic carbocycles. The molecule has 0 radical (unpaired) electrons. The zero-order chi connectivity index (χ0) is 16.8. The van der Waals surface area contributed by atoms with Gasteiger partial charge in [0.25, 0.3) is 0 Å². The highest BCUT2D eigenvalue weighted by atomic mass is 16.2. The Morgan fingerprint density at radius 1 is 1.17 bits per heavy atom. The Hall–Kier alpha value is -2.15. The number of carbonyl (C=O) groups is 2. The van der Waals surface area contributed by atoms with Gasteiger partial charge in [0.15, 0.2) is 0 Å². The topological polar surface area (TPSA) is 77.6 Å². The molecule has 0 bridgehead atoms. The number of urea groups is 1. The van der Waals surface area contributed by atoms with Crippen molar-refractivity contribution in [3.63, 3.8) is 0 Å². The van der Waals surface area contributed by atoms with Crippen molar-refractivity contribution in [2.24, 2.45) is 5.92 Å². The molecule has 3 amide bonds. The molecule has 0 spiro atoms.